The van der Waals surface area contributed by atoms with Crippen molar-refractivity contribution in [3.8, 4) is 5.88 Å². The van der Waals surface area contributed by atoms with Gasteiger partial charge in [0.15, 0.2) is 11.4 Å². The van der Waals surface area contributed by atoms with Gasteiger partial charge < -0.3 is 14.9 Å². The molecular formula is C8H14N4O3. The maximum atomic E-state index is 11.5. The molecule has 0 saturated carbocycles. The first kappa shape index (κ1) is 11.3. The van der Waals surface area contributed by atoms with Gasteiger partial charge in [0.25, 0.3) is 0 Å². The zero-order valence-electron chi connectivity index (χ0n) is 8.66. The molecule has 0 unspecified atom stereocenters. The first-order valence-electron chi connectivity index (χ1n) is 4.59. The van der Waals surface area contributed by atoms with Crippen molar-refractivity contribution in [2.75, 3.05) is 18.6 Å². The van der Waals surface area contributed by atoms with Gasteiger partial charge in [-0.15, -0.1) is 5.10 Å². The molecule has 7 heteroatoms. The number of anilines is 1. The maximum absolute atomic E-state index is 11.5. The van der Waals surface area contributed by atoms with Crippen molar-refractivity contribution in [2.24, 2.45) is 5.84 Å². The van der Waals surface area contributed by atoms with E-state index in [4.69, 9.17) is 15.3 Å². The number of carbonyl (C=O) groups is 1. The van der Waals surface area contributed by atoms with Gasteiger partial charge in [-0.3, -0.25) is 5.10 Å². The van der Waals surface area contributed by atoms with E-state index in [1.807, 2.05) is 0 Å². The second kappa shape index (κ2) is 5.20. The largest absolute Gasteiger partial charge is 0.476 e. The number of rotatable bonds is 5. The number of ether oxygens (including phenoxy) is 2. The van der Waals surface area contributed by atoms with E-state index in [1.54, 1.807) is 13.8 Å². The van der Waals surface area contributed by atoms with Gasteiger partial charge in [0.05, 0.1) is 13.2 Å². The molecule has 1 aromatic rings. The van der Waals surface area contributed by atoms with Crippen LogP contribution in [-0.4, -0.2) is 29.4 Å². The van der Waals surface area contributed by atoms with Gasteiger partial charge in [-0.1, -0.05) is 0 Å². The maximum Gasteiger partial charge on any atom is 0.347 e. The van der Waals surface area contributed by atoms with Crippen molar-refractivity contribution in [2.45, 2.75) is 13.8 Å². The average molecular weight is 214 g/mol. The molecule has 0 saturated heterocycles. The predicted molar refractivity (Wildman–Crippen MR) is 53.5 cm³/mol. The molecule has 4 N–H and O–H groups in total. The number of hydrogen-bond donors (Lipinski definition) is 3. The summed E-state index contributed by atoms with van der Waals surface area (Å²) in [6.45, 7) is 4.19. The van der Waals surface area contributed by atoms with Crippen molar-refractivity contribution in [1.82, 2.24) is 10.2 Å². The van der Waals surface area contributed by atoms with Crippen LogP contribution in [0, 0.1) is 0 Å². The molecule has 15 heavy (non-hydrogen) atoms. The van der Waals surface area contributed by atoms with E-state index in [0.717, 1.165) is 0 Å². The monoisotopic (exact) mass is 214 g/mol. The number of hydrogen-bond acceptors (Lipinski definition) is 6. The summed E-state index contributed by atoms with van der Waals surface area (Å²) >= 11 is 0. The molecule has 1 heterocycles. The van der Waals surface area contributed by atoms with Crippen LogP contribution in [0.3, 0.4) is 0 Å². The molecule has 1 rings (SSSR count). The number of esters is 1. The van der Waals surface area contributed by atoms with Gasteiger partial charge in [-0.2, -0.15) is 0 Å². The Kier molecular flexibility index (Phi) is 3.92. The Balaban J connectivity index is 2.98. The number of nitrogens with two attached hydrogens (primary N) is 1. The Labute approximate surface area is 86.9 Å². The first-order chi connectivity index (χ1) is 7.24. The molecule has 0 aromatic carbocycles. The summed E-state index contributed by atoms with van der Waals surface area (Å²) in [5.41, 5.74) is 2.50. The fourth-order valence-electron chi connectivity index (χ4n) is 1.06. The smallest absolute Gasteiger partial charge is 0.347 e. The van der Waals surface area contributed by atoms with Gasteiger partial charge >= 0.3 is 5.97 Å². The highest BCUT2D eigenvalue weighted by atomic mass is 16.5. The highest BCUT2D eigenvalue weighted by molar-refractivity contribution is 5.97. The minimum Gasteiger partial charge on any atom is -0.476 e. The highest BCUT2D eigenvalue weighted by Gasteiger charge is 2.22. The quantitative estimate of drug-likeness (QED) is 0.369. The lowest BCUT2D eigenvalue weighted by molar-refractivity contribution is 0.0523. The second-order valence-electron chi connectivity index (χ2n) is 2.58. The van der Waals surface area contributed by atoms with Gasteiger partial charge in [-0.25, -0.2) is 10.6 Å². The molecule has 0 amide bonds. The average Bonchev–Trinajstić information content (AvgIpc) is 2.62. The van der Waals surface area contributed by atoms with Crippen molar-refractivity contribution in [3.05, 3.63) is 5.56 Å². The van der Waals surface area contributed by atoms with Gasteiger partial charge in [0, 0.05) is 0 Å². The van der Waals surface area contributed by atoms with Gasteiger partial charge in [-0.05, 0) is 13.8 Å². The van der Waals surface area contributed by atoms with Gasteiger partial charge in [0.1, 0.15) is 0 Å². The summed E-state index contributed by atoms with van der Waals surface area (Å²) in [6, 6.07) is 0. The number of H-pyrrole nitrogens is 1. The van der Waals surface area contributed by atoms with Crippen LogP contribution in [0.1, 0.15) is 24.2 Å². The summed E-state index contributed by atoms with van der Waals surface area (Å²) in [5.74, 6) is 5.14. The van der Waals surface area contributed by atoms with Crippen LogP contribution >= 0.6 is 0 Å². The van der Waals surface area contributed by atoms with Crippen LogP contribution in [0.25, 0.3) is 0 Å². The number of aromatic amines is 1. The number of aromatic nitrogens is 2. The fraction of sp³-hybridized carbons (Fsp3) is 0.500. The summed E-state index contributed by atoms with van der Waals surface area (Å²) in [7, 11) is 0. The predicted octanol–water partition coefficient (Wildman–Crippen LogP) is 0.271. The summed E-state index contributed by atoms with van der Waals surface area (Å²) in [4.78, 5) is 11.5. The minimum absolute atomic E-state index is 0.182. The molecular weight excluding hydrogens is 200 g/mol. The number of hydrazine groups is 1. The van der Waals surface area contributed by atoms with Crippen molar-refractivity contribution >= 4 is 11.8 Å². The van der Waals surface area contributed by atoms with Crippen LogP contribution in [0.15, 0.2) is 0 Å². The third-order valence-corrected chi connectivity index (χ3v) is 1.64. The Hall–Kier alpha value is -1.76. The molecule has 0 bridgehead atoms. The number of nitrogens with zero attached hydrogens (tertiary/aromatic N) is 1. The standard InChI is InChI=1S/C8H14N4O3/c1-3-14-7-5(8(13)15-4-2)6(10-9)11-12-7/h3-4,9H2,1-2H3,(H2,10,11,12). The molecule has 0 aliphatic carbocycles. The molecule has 0 radical (unpaired) electrons. The van der Waals surface area contributed by atoms with Crippen molar-refractivity contribution in [1.29, 1.82) is 0 Å². The van der Waals surface area contributed by atoms with Crippen LogP contribution < -0.4 is 16.0 Å². The van der Waals surface area contributed by atoms with E-state index in [0.29, 0.717) is 6.61 Å². The topological polar surface area (TPSA) is 102 Å². The molecule has 1 aromatic heterocycles. The number of carbonyl (C=O) groups excluding carboxylic acids is 1. The van der Waals surface area contributed by atoms with E-state index in [2.05, 4.69) is 15.6 Å². The van der Waals surface area contributed by atoms with E-state index in [9.17, 15) is 4.79 Å². The Morgan fingerprint density at radius 2 is 2.27 bits per heavy atom. The van der Waals surface area contributed by atoms with Crippen LogP contribution in [0.2, 0.25) is 0 Å². The lowest BCUT2D eigenvalue weighted by Crippen LogP contribution is -2.13. The van der Waals surface area contributed by atoms with Gasteiger partial charge in [0.2, 0.25) is 5.88 Å². The number of nitrogen functional groups attached to an aromatic ring is 1. The van der Waals surface area contributed by atoms with E-state index in [-0.39, 0.29) is 23.9 Å². The lowest BCUT2D eigenvalue weighted by Gasteiger charge is -2.04. The Morgan fingerprint density at radius 1 is 1.53 bits per heavy atom. The molecule has 0 fully saturated rings. The Bertz CT molecular complexity index is 337. The molecule has 84 valence electrons. The van der Waals surface area contributed by atoms with E-state index >= 15 is 0 Å². The molecule has 0 spiro atoms. The minimum atomic E-state index is -0.525. The number of nitrogens with one attached hydrogen (secondary N) is 2. The van der Waals surface area contributed by atoms with Crippen molar-refractivity contribution < 1.29 is 14.3 Å². The SMILES string of the molecule is CCOC(=O)c1c(OCC)n[nH]c1NN. The normalized spacial score (nSPS) is 9.80. The van der Waals surface area contributed by atoms with Crippen molar-refractivity contribution in [3.63, 3.8) is 0 Å². The van der Waals surface area contributed by atoms with Crippen LogP contribution in [0.5, 0.6) is 5.88 Å². The zero-order chi connectivity index (χ0) is 11.3. The second-order valence-corrected chi connectivity index (χ2v) is 2.58. The summed E-state index contributed by atoms with van der Waals surface area (Å²) < 4.78 is 9.99. The molecule has 0 aliphatic heterocycles. The summed E-state index contributed by atoms with van der Waals surface area (Å²) in [5, 5.41) is 6.33. The highest BCUT2D eigenvalue weighted by Crippen LogP contribution is 2.23. The fourth-order valence-corrected chi connectivity index (χ4v) is 1.06. The van der Waals surface area contributed by atoms with E-state index in [1.165, 1.54) is 0 Å². The first-order valence-corrected chi connectivity index (χ1v) is 4.59. The summed E-state index contributed by atoms with van der Waals surface area (Å²) in [6.07, 6.45) is 0. The van der Waals surface area contributed by atoms with E-state index < -0.39 is 5.97 Å². The zero-order valence-corrected chi connectivity index (χ0v) is 8.66. The molecule has 0 atom stereocenters. The van der Waals surface area contributed by atoms with Crippen LogP contribution in [-0.2, 0) is 4.74 Å². The molecule has 7 nitrogen and oxygen atoms in total. The third-order valence-electron chi connectivity index (χ3n) is 1.64. The van der Waals surface area contributed by atoms with Crippen LogP contribution in [0.4, 0.5) is 5.82 Å². The lowest BCUT2D eigenvalue weighted by atomic mass is 10.3. The third kappa shape index (κ3) is 2.38. The molecule has 0 aliphatic rings. The Morgan fingerprint density at radius 3 is 2.80 bits per heavy atom.